The molecule has 0 unspecified atom stereocenters. The number of hydrogen-bond donors (Lipinski definition) is 2. The molecule has 0 saturated heterocycles. The molecule has 2 rings (SSSR count). The van der Waals surface area contributed by atoms with E-state index in [1.807, 2.05) is 0 Å². The highest BCUT2D eigenvalue weighted by molar-refractivity contribution is 7.90. The Morgan fingerprint density at radius 3 is 2.39 bits per heavy atom. The number of benzene rings is 2. The summed E-state index contributed by atoms with van der Waals surface area (Å²) >= 11 is 5.98. The van der Waals surface area contributed by atoms with E-state index in [0.29, 0.717) is 0 Å². The summed E-state index contributed by atoms with van der Waals surface area (Å²) in [4.78, 5) is 23.5. The maximum absolute atomic E-state index is 12.4. The van der Waals surface area contributed by atoms with Gasteiger partial charge in [-0.1, -0.05) is 23.7 Å². The molecule has 0 aromatic heterocycles. The van der Waals surface area contributed by atoms with Crippen LogP contribution >= 0.6 is 11.6 Å². The normalized spacial score (nSPS) is 11.0. The van der Waals surface area contributed by atoms with Gasteiger partial charge in [0.25, 0.3) is 5.91 Å². The van der Waals surface area contributed by atoms with Gasteiger partial charge in [-0.15, -0.1) is 0 Å². The Kier molecular flexibility index (Phi) is 4.72. The fraction of sp³-hybridized carbons (Fsp3) is 0.0667. The summed E-state index contributed by atoms with van der Waals surface area (Å²) in [5.74, 6) is -1.33. The van der Waals surface area contributed by atoms with E-state index >= 15 is 0 Å². The number of halogens is 1. The van der Waals surface area contributed by atoms with Gasteiger partial charge in [0.1, 0.15) is 0 Å². The summed E-state index contributed by atoms with van der Waals surface area (Å²) in [5, 5.41) is 2.69. The first-order chi connectivity index (χ1) is 10.7. The second-order valence-electron chi connectivity index (χ2n) is 4.78. The van der Waals surface area contributed by atoms with Crippen LogP contribution in [0.5, 0.6) is 0 Å². The monoisotopic (exact) mass is 352 g/mol. The van der Waals surface area contributed by atoms with E-state index in [1.54, 1.807) is 6.07 Å². The van der Waals surface area contributed by atoms with Crippen molar-refractivity contribution in [2.45, 2.75) is 4.90 Å². The van der Waals surface area contributed by atoms with E-state index in [9.17, 15) is 18.0 Å². The third-order valence-electron chi connectivity index (χ3n) is 3.03. The Balaban J connectivity index is 2.42. The van der Waals surface area contributed by atoms with Crippen molar-refractivity contribution in [1.82, 2.24) is 0 Å². The predicted molar refractivity (Wildman–Crippen MR) is 87.5 cm³/mol. The molecular formula is C15H13ClN2O4S. The van der Waals surface area contributed by atoms with Crippen LogP contribution in [0.4, 0.5) is 5.69 Å². The molecule has 2 aromatic rings. The lowest BCUT2D eigenvalue weighted by Gasteiger charge is -2.11. The molecule has 3 N–H and O–H groups in total. The van der Waals surface area contributed by atoms with Crippen molar-refractivity contribution in [2.75, 3.05) is 11.6 Å². The summed E-state index contributed by atoms with van der Waals surface area (Å²) in [6, 6.07) is 9.96. The second-order valence-corrected chi connectivity index (χ2v) is 7.17. The largest absolute Gasteiger partial charge is 0.366 e. The van der Waals surface area contributed by atoms with Gasteiger partial charge in [-0.3, -0.25) is 9.59 Å². The molecule has 0 aliphatic heterocycles. The molecule has 0 saturated carbocycles. The van der Waals surface area contributed by atoms with Crippen molar-refractivity contribution in [3.8, 4) is 0 Å². The van der Waals surface area contributed by atoms with Gasteiger partial charge in [-0.2, -0.15) is 0 Å². The molecule has 0 fully saturated rings. The summed E-state index contributed by atoms with van der Waals surface area (Å²) in [5.41, 5.74) is 5.49. The molecule has 0 heterocycles. The van der Waals surface area contributed by atoms with Crippen LogP contribution in [0.1, 0.15) is 20.7 Å². The quantitative estimate of drug-likeness (QED) is 0.878. The van der Waals surface area contributed by atoms with Crippen LogP contribution in [0, 0.1) is 0 Å². The van der Waals surface area contributed by atoms with Gasteiger partial charge in [0.2, 0.25) is 5.91 Å². The summed E-state index contributed by atoms with van der Waals surface area (Å²) in [6.45, 7) is 0. The maximum atomic E-state index is 12.4. The van der Waals surface area contributed by atoms with E-state index in [4.69, 9.17) is 17.3 Å². The number of rotatable bonds is 4. The fourth-order valence-electron chi connectivity index (χ4n) is 1.94. The molecule has 2 amide bonds. The van der Waals surface area contributed by atoms with Crippen molar-refractivity contribution in [3.05, 3.63) is 58.6 Å². The van der Waals surface area contributed by atoms with Gasteiger partial charge in [-0.25, -0.2) is 8.42 Å². The minimum atomic E-state index is -3.57. The number of nitrogens with two attached hydrogens (primary N) is 1. The Morgan fingerprint density at radius 2 is 1.78 bits per heavy atom. The minimum absolute atomic E-state index is 0.0180. The first-order valence-electron chi connectivity index (χ1n) is 6.40. The van der Waals surface area contributed by atoms with Gasteiger partial charge in [0, 0.05) is 11.8 Å². The lowest BCUT2D eigenvalue weighted by Crippen LogP contribution is -2.17. The third kappa shape index (κ3) is 3.88. The number of hydrogen-bond acceptors (Lipinski definition) is 4. The van der Waals surface area contributed by atoms with Gasteiger partial charge >= 0.3 is 0 Å². The van der Waals surface area contributed by atoms with Crippen LogP contribution in [-0.4, -0.2) is 26.5 Å². The first kappa shape index (κ1) is 17.0. The topological polar surface area (TPSA) is 106 Å². The van der Waals surface area contributed by atoms with Gasteiger partial charge in [0.15, 0.2) is 9.84 Å². The van der Waals surface area contributed by atoms with Gasteiger partial charge < -0.3 is 11.1 Å². The second kappa shape index (κ2) is 6.39. The molecular weight excluding hydrogens is 340 g/mol. The average molecular weight is 353 g/mol. The molecule has 0 spiro atoms. The van der Waals surface area contributed by atoms with Crippen LogP contribution in [0.15, 0.2) is 47.4 Å². The van der Waals surface area contributed by atoms with Crippen molar-refractivity contribution in [3.63, 3.8) is 0 Å². The molecule has 120 valence electrons. The number of sulfone groups is 1. The summed E-state index contributed by atoms with van der Waals surface area (Å²) in [6.07, 6.45) is 1.01. The number of primary amides is 1. The molecule has 0 atom stereocenters. The zero-order valence-electron chi connectivity index (χ0n) is 12.0. The standard InChI is InChI=1S/C15H13ClN2O4S/c1-23(21,22)13-5-3-2-4-10(13)15(20)18-12-8-9(14(17)19)6-7-11(12)16/h2-8H,1H3,(H2,17,19)(H,18,20). The predicted octanol–water partition coefficient (Wildman–Crippen LogP) is 2.09. The molecule has 2 aromatic carbocycles. The number of nitrogens with one attached hydrogen (secondary N) is 1. The highest BCUT2D eigenvalue weighted by Gasteiger charge is 2.19. The lowest BCUT2D eigenvalue weighted by molar-refractivity contribution is 0.0996. The van der Waals surface area contributed by atoms with Crippen LogP contribution in [0.3, 0.4) is 0 Å². The SMILES string of the molecule is CS(=O)(=O)c1ccccc1C(=O)Nc1cc(C(N)=O)ccc1Cl. The lowest BCUT2D eigenvalue weighted by atomic mass is 10.1. The van der Waals surface area contributed by atoms with E-state index in [1.165, 1.54) is 36.4 Å². The highest BCUT2D eigenvalue weighted by atomic mass is 35.5. The smallest absolute Gasteiger partial charge is 0.257 e. The zero-order valence-corrected chi connectivity index (χ0v) is 13.6. The van der Waals surface area contributed by atoms with E-state index in [2.05, 4.69) is 5.32 Å². The van der Waals surface area contributed by atoms with Crippen LogP contribution in [0.2, 0.25) is 5.02 Å². The Morgan fingerprint density at radius 1 is 1.13 bits per heavy atom. The van der Waals surface area contributed by atoms with Gasteiger partial charge in [-0.05, 0) is 30.3 Å². The average Bonchev–Trinajstić information content (AvgIpc) is 2.48. The fourth-order valence-corrected chi connectivity index (χ4v) is 2.99. The molecule has 23 heavy (non-hydrogen) atoms. The summed E-state index contributed by atoms with van der Waals surface area (Å²) in [7, 11) is -3.57. The number of carbonyl (C=O) groups excluding carboxylic acids is 2. The first-order valence-corrected chi connectivity index (χ1v) is 8.67. The molecule has 0 bridgehead atoms. The molecule has 6 nitrogen and oxygen atoms in total. The van der Waals surface area contributed by atoms with Crippen LogP contribution < -0.4 is 11.1 Å². The molecule has 0 radical (unpaired) electrons. The number of carbonyl (C=O) groups is 2. The summed E-state index contributed by atoms with van der Waals surface area (Å²) < 4.78 is 23.5. The van der Waals surface area contributed by atoms with Crippen molar-refractivity contribution >= 4 is 38.9 Å². The maximum Gasteiger partial charge on any atom is 0.257 e. The minimum Gasteiger partial charge on any atom is -0.366 e. The zero-order chi connectivity index (χ0) is 17.2. The Labute approximate surface area is 138 Å². The highest BCUT2D eigenvalue weighted by Crippen LogP contribution is 2.24. The Bertz CT molecular complexity index is 894. The van der Waals surface area contributed by atoms with E-state index in [-0.39, 0.29) is 26.7 Å². The van der Waals surface area contributed by atoms with Crippen molar-refractivity contribution in [2.24, 2.45) is 5.73 Å². The van der Waals surface area contributed by atoms with E-state index in [0.717, 1.165) is 6.26 Å². The van der Waals surface area contributed by atoms with Crippen molar-refractivity contribution in [1.29, 1.82) is 0 Å². The number of anilines is 1. The molecule has 0 aliphatic rings. The van der Waals surface area contributed by atoms with Crippen LogP contribution in [-0.2, 0) is 9.84 Å². The molecule has 8 heteroatoms. The Hall–Kier alpha value is -2.38. The van der Waals surface area contributed by atoms with E-state index < -0.39 is 21.7 Å². The van der Waals surface area contributed by atoms with Gasteiger partial charge in [0.05, 0.1) is 21.2 Å². The number of amides is 2. The third-order valence-corrected chi connectivity index (χ3v) is 4.51. The van der Waals surface area contributed by atoms with Crippen LogP contribution in [0.25, 0.3) is 0 Å². The molecule has 0 aliphatic carbocycles. The van der Waals surface area contributed by atoms with Crippen molar-refractivity contribution < 1.29 is 18.0 Å².